The van der Waals surface area contributed by atoms with E-state index in [1.165, 1.54) is 0 Å². The summed E-state index contributed by atoms with van der Waals surface area (Å²) in [4.78, 5) is 24.2. The van der Waals surface area contributed by atoms with Crippen molar-refractivity contribution in [2.24, 2.45) is 0 Å². The van der Waals surface area contributed by atoms with E-state index in [1.807, 2.05) is 25.7 Å². The van der Waals surface area contributed by atoms with E-state index < -0.39 is 5.60 Å². The van der Waals surface area contributed by atoms with Gasteiger partial charge in [0, 0.05) is 32.4 Å². The molecule has 0 aromatic carbocycles. The molecule has 1 aromatic heterocycles. The number of halogens is 1. The highest BCUT2D eigenvalue weighted by atomic mass is 79.9. The van der Waals surface area contributed by atoms with Crippen LogP contribution in [0.4, 0.5) is 16.6 Å². The molecule has 0 radical (unpaired) electrons. The Balaban J connectivity index is 1.94. The molecule has 1 fully saturated rings. The Bertz CT molecular complexity index is 524. The van der Waals surface area contributed by atoms with Crippen LogP contribution in [0.3, 0.4) is 0 Å². The molecule has 1 aliphatic rings. The van der Waals surface area contributed by atoms with Crippen LogP contribution in [0.15, 0.2) is 10.7 Å². The Kier molecular flexibility index (Phi) is 4.55. The topological polar surface area (TPSA) is 84.6 Å². The van der Waals surface area contributed by atoms with E-state index in [0.717, 1.165) is 0 Å². The van der Waals surface area contributed by atoms with Crippen molar-refractivity contribution in [2.75, 3.05) is 36.8 Å². The number of carbonyl (C=O) groups is 1. The molecule has 0 atom stereocenters. The van der Waals surface area contributed by atoms with Crippen molar-refractivity contribution in [1.29, 1.82) is 0 Å². The first kappa shape index (κ1) is 15.8. The number of nitrogens with zero attached hydrogens (tertiary/aromatic N) is 4. The maximum Gasteiger partial charge on any atom is 0.410 e. The van der Waals surface area contributed by atoms with Gasteiger partial charge in [0.15, 0.2) is 0 Å². The minimum absolute atomic E-state index is 0.279. The lowest BCUT2D eigenvalue weighted by molar-refractivity contribution is 0.0240. The Morgan fingerprint density at radius 3 is 2.48 bits per heavy atom. The summed E-state index contributed by atoms with van der Waals surface area (Å²) in [7, 11) is 0. The maximum atomic E-state index is 12.0. The molecule has 2 N–H and O–H groups in total. The molecule has 0 saturated carbocycles. The molecule has 2 rings (SSSR count). The van der Waals surface area contributed by atoms with E-state index in [-0.39, 0.29) is 6.09 Å². The Morgan fingerprint density at radius 1 is 1.33 bits per heavy atom. The molecular weight excluding hydrogens is 338 g/mol. The van der Waals surface area contributed by atoms with Gasteiger partial charge < -0.3 is 20.3 Å². The van der Waals surface area contributed by atoms with Gasteiger partial charge in [-0.1, -0.05) is 0 Å². The first-order chi connectivity index (χ1) is 9.76. The van der Waals surface area contributed by atoms with Crippen molar-refractivity contribution in [2.45, 2.75) is 26.4 Å². The Morgan fingerprint density at radius 2 is 1.95 bits per heavy atom. The molecule has 0 bridgehead atoms. The van der Waals surface area contributed by atoms with Crippen molar-refractivity contribution < 1.29 is 9.53 Å². The quantitative estimate of drug-likeness (QED) is 0.825. The van der Waals surface area contributed by atoms with Crippen LogP contribution in [-0.2, 0) is 4.74 Å². The molecule has 21 heavy (non-hydrogen) atoms. The summed E-state index contributed by atoms with van der Waals surface area (Å²) < 4.78 is 6.04. The number of hydrogen-bond acceptors (Lipinski definition) is 6. The second kappa shape index (κ2) is 6.05. The number of ether oxygens (including phenoxy) is 1. The van der Waals surface area contributed by atoms with Gasteiger partial charge in [0.25, 0.3) is 0 Å². The number of rotatable bonds is 1. The molecule has 7 nitrogen and oxygen atoms in total. The standard InChI is InChI=1S/C13H20BrN5O2/c1-13(2,3)21-12(20)19-6-4-18(5-7-19)11-16-8-9(14)10(15)17-11/h8H,4-7H2,1-3H3,(H2,15,16,17). The summed E-state index contributed by atoms with van der Waals surface area (Å²) in [6.45, 7) is 8.04. The highest BCUT2D eigenvalue weighted by Crippen LogP contribution is 2.20. The Labute approximate surface area is 132 Å². The van der Waals surface area contributed by atoms with E-state index in [1.54, 1.807) is 11.1 Å². The van der Waals surface area contributed by atoms with E-state index in [0.29, 0.717) is 42.4 Å². The minimum atomic E-state index is -0.475. The first-order valence-corrected chi connectivity index (χ1v) is 7.56. The van der Waals surface area contributed by atoms with Gasteiger partial charge in [0.1, 0.15) is 11.4 Å². The molecule has 0 spiro atoms. The fourth-order valence-corrected chi connectivity index (χ4v) is 2.13. The SMILES string of the molecule is CC(C)(C)OC(=O)N1CCN(c2ncc(Br)c(N)n2)CC1. The zero-order valence-corrected chi connectivity index (χ0v) is 14.1. The van der Waals surface area contributed by atoms with Crippen LogP contribution >= 0.6 is 15.9 Å². The van der Waals surface area contributed by atoms with E-state index in [2.05, 4.69) is 25.9 Å². The van der Waals surface area contributed by atoms with Gasteiger partial charge in [0.2, 0.25) is 5.95 Å². The molecule has 0 unspecified atom stereocenters. The van der Waals surface area contributed by atoms with Crippen LogP contribution in [0.25, 0.3) is 0 Å². The first-order valence-electron chi connectivity index (χ1n) is 6.77. The summed E-state index contributed by atoms with van der Waals surface area (Å²) in [6.07, 6.45) is 1.36. The lowest BCUT2D eigenvalue weighted by Gasteiger charge is -2.35. The smallest absolute Gasteiger partial charge is 0.410 e. The van der Waals surface area contributed by atoms with Crippen molar-refractivity contribution >= 4 is 33.8 Å². The third kappa shape index (κ3) is 4.20. The second-order valence-corrected chi connectivity index (χ2v) is 6.71. The predicted octanol–water partition coefficient (Wildman–Crippen LogP) is 1.88. The number of anilines is 2. The highest BCUT2D eigenvalue weighted by Gasteiger charge is 2.26. The minimum Gasteiger partial charge on any atom is -0.444 e. The number of amides is 1. The lowest BCUT2D eigenvalue weighted by atomic mass is 10.2. The normalized spacial score (nSPS) is 16.0. The van der Waals surface area contributed by atoms with Gasteiger partial charge in [0.05, 0.1) is 4.47 Å². The fraction of sp³-hybridized carbons (Fsp3) is 0.615. The van der Waals surface area contributed by atoms with Crippen molar-refractivity contribution in [3.8, 4) is 0 Å². The maximum absolute atomic E-state index is 12.0. The third-order valence-corrected chi connectivity index (χ3v) is 3.58. The van der Waals surface area contributed by atoms with Crippen LogP contribution < -0.4 is 10.6 Å². The van der Waals surface area contributed by atoms with Gasteiger partial charge in [-0.3, -0.25) is 0 Å². The van der Waals surface area contributed by atoms with Gasteiger partial charge in [-0.2, -0.15) is 4.98 Å². The van der Waals surface area contributed by atoms with Gasteiger partial charge in [-0.25, -0.2) is 9.78 Å². The Hall–Kier alpha value is -1.57. The van der Waals surface area contributed by atoms with Crippen LogP contribution in [0.1, 0.15) is 20.8 Å². The number of nitrogen functional groups attached to an aromatic ring is 1. The summed E-state index contributed by atoms with van der Waals surface area (Å²) >= 11 is 3.27. The molecule has 1 aliphatic heterocycles. The summed E-state index contributed by atoms with van der Waals surface area (Å²) in [5.74, 6) is 0.995. The zero-order valence-electron chi connectivity index (χ0n) is 12.5. The number of piperazine rings is 1. The molecule has 0 aliphatic carbocycles. The number of hydrogen-bond donors (Lipinski definition) is 1. The molecular formula is C13H20BrN5O2. The lowest BCUT2D eigenvalue weighted by Crippen LogP contribution is -2.50. The fourth-order valence-electron chi connectivity index (χ4n) is 1.94. The monoisotopic (exact) mass is 357 g/mol. The molecule has 1 saturated heterocycles. The molecule has 1 amide bonds. The molecule has 1 aromatic rings. The average Bonchev–Trinajstić information content (AvgIpc) is 2.40. The van der Waals surface area contributed by atoms with E-state index in [9.17, 15) is 4.79 Å². The van der Waals surface area contributed by atoms with Crippen molar-refractivity contribution in [1.82, 2.24) is 14.9 Å². The second-order valence-electron chi connectivity index (χ2n) is 5.86. The van der Waals surface area contributed by atoms with E-state index >= 15 is 0 Å². The molecule has 116 valence electrons. The van der Waals surface area contributed by atoms with Gasteiger partial charge in [-0.05, 0) is 36.7 Å². The van der Waals surface area contributed by atoms with Crippen molar-refractivity contribution in [3.63, 3.8) is 0 Å². The zero-order chi connectivity index (χ0) is 15.6. The van der Waals surface area contributed by atoms with Crippen LogP contribution in [0.2, 0.25) is 0 Å². The molecule has 2 heterocycles. The van der Waals surface area contributed by atoms with E-state index in [4.69, 9.17) is 10.5 Å². The number of aromatic nitrogens is 2. The number of nitrogens with two attached hydrogens (primary N) is 1. The highest BCUT2D eigenvalue weighted by molar-refractivity contribution is 9.10. The molecule has 8 heteroatoms. The average molecular weight is 358 g/mol. The van der Waals surface area contributed by atoms with Gasteiger partial charge >= 0.3 is 6.09 Å². The van der Waals surface area contributed by atoms with Crippen LogP contribution in [0, 0.1) is 0 Å². The summed E-state index contributed by atoms with van der Waals surface area (Å²) in [6, 6.07) is 0. The predicted molar refractivity (Wildman–Crippen MR) is 84.2 cm³/mol. The summed E-state index contributed by atoms with van der Waals surface area (Å²) in [5.41, 5.74) is 5.29. The largest absolute Gasteiger partial charge is 0.444 e. The summed E-state index contributed by atoms with van der Waals surface area (Å²) in [5, 5.41) is 0. The number of carbonyl (C=O) groups excluding carboxylic acids is 1. The third-order valence-electron chi connectivity index (χ3n) is 2.97. The van der Waals surface area contributed by atoms with Crippen LogP contribution in [0.5, 0.6) is 0 Å². The van der Waals surface area contributed by atoms with Crippen molar-refractivity contribution in [3.05, 3.63) is 10.7 Å². The van der Waals surface area contributed by atoms with Gasteiger partial charge in [-0.15, -0.1) is 0 Å². The van der Waals surface area contributed by atoms with Crippen LogP contribution in [-0.4, -0.2) is 52.7 Å².